The number of aliphatic hydroxyl groups is 1. The van der Waals surface area contributed by atoms with E-state index in [9.17, 15) is 19.5 Å². The molecule has 3 N–H and O–H groups in total. The Hall–Kier alpha value is -3.49. The number of hydrogen-bond acceptors (Lipinski definition) is 5. The van der Waals surface area contributed by atoms with Crippen LogP contribution in [0.15, 0.2) is 66.0 Å². The normalized spacial score (nSPS) is 16.7. The highest BCUT2D eigenvalue weighted by atomic mass is 32.1. The molecular weight excluding hydrogens is 462 g/mol. The number of anilines is 2. The van der Waals surface area contributed by atoms with Crippen molar-refractivity contribution in [2.75, 3.05) is 23.3 Å². The molecule has 2 heterocycles. The molecule has 3 aromatic rings. The van der Waals surface area contributed by atoms with E-state index in [1.54, 1.807) is 11.0 Å². The van der Waals surface area contributed by atoms with Crippen LogP contribution < -0.4 is 15.5 Å². The zero-order valence-electron chi connectivity index (χ0n) is 19.2. The Labute approximate surface area is 207 Å². The average molecular weight is 490 g/mol. The maximum Gasteiger partial charge on any atom is 0.313 e. The molecule has 3 amide bonds. The van der Waals surface area contributed by atoms with Gasteiger partial charge in [0.1, 0.15) is 5.60 Å². The largest absolute Gasteiger partial charge is 0.383 e. The summed E-state index contributed by atoms with van der Waals surface area (Å²) in [5.41, 5.74) is 1.82. The van der Waals surface area contributed by atoms with Gasteiger partial charge in [-0.15, -0.1) is 11.3 Å². The lowest BCUT2D eigenvalue weighted by molar-refractivity contribution is -0.137. The Kier molecular flexibility index (Phi) is 6.40. The molecule has 1 aromatic heterocycles. The molecule has 1 aliphatic carbocycles. The summed E-state index contributed by atoms with van der Waals surface area (Å²) >= 11 is 1.41. The third kappa shape index (κ3) is 4.85. The van der Waals surface area contributed by atoms with E-state index in [2.05, 4.69) is 10.6 Å². The number of thiophene rings is 1. The van der Waals surface area contributed by atoms with Crippen molar-refractivity contribution in [1.82, 2.24) is 5.32 Å². The van der Waals surface area contributed by atoms with Gasteiger partial charge in [0, 0.05) is 17.9 Å². The van der Waals surface area contributed by atoms with Gasteiger partial charge in [0.05, 0.1) is 11.4 Å². The van der Waals surface area contributed by atoms with Gasteiger partial charge >= 0.3 is 11.8 Å². The van der Waals surface area contributed by atoms with Crippen LogP contribution >= 0.6 is 11.3 Å². The first kappa shape index (κ1) is 23.3. The van der Waals surface area contributed by atoms with E-state index >= 15 is 0 Å². The van der Waals surface area contributed by atoms with Crippen molar-refractivity contribution in [2.24, 2.45) is 5.92 Å². The number of rotatable bonds is 6. The zero-order chi connectivity index (χ0) is 24.4. The number of hydrogen-bond donors (Lipinski definition) is 3. The predicted molar refractivity (Wildman–Crippen MR) is 135 cm³/mol. The lowest BCUT2D eigenvalue weighted by atomic mass is 9.88. The maximum atomic E-state index is 12.9. The van der Waals surface area contributed by atoms with Gasteiger partial charge in [-0.3, -0.25) is 14.4 Å². The van der Waals surface area contributed by atoms with Crippen LogP contribution in [0.3, 0.4) is 0 Å². The minimum Gasteiger partial charge on any atom is -0.383 e. The van der Waals surface area contributed by atoms with Crippen LogP contribution in [0.1, 0.15) is 40.1 Å². The van der Waals surface area contributed by atoms with Crippen molar-refractivity contribution in [3.63, 3.8) is 0 Å². The summed E-state index contributed by atoms with van der Waals surface area (Å²) in [5, 5.41) is 18.4. The van der Waals surface area contributed by atoms with Crippen molar-refractivity contribution < 1.29 is 19.5 Å². The maximum absolute atomic E-state index is 12.9. The highest BCUT2D eigenvalue weighted by Gasteiger charge is 2.45. The molecule has 0 saturated heterocycles. The molecule has 1 unspecified atom stereocenters. The molecule has 35 heavy (non-hydrogen) atoms. The number of carbonyl (C=O) groups excluding carboxylic acids is 3. The number of amides is 3. The smallest absolute Gasteiger partial charge is 0.313 e. The van der Waals surface area contributed by atoms with E-state index in [4.69, 9.17) is 0 Å². The van der Waals surface area contributed by atoms with Crippen LogP contribution in [0.5, 0.6) is 0 Å². The molecule has 0 bridgehead atoms. The van der Waals surface area contributed by atoms with Gasteiger partial charge in [-0.2, -0.15) is 0 Å². The van der Waals surface area contributed by atoms with Crippen LogP contribution in [0.25, 0.3) is 0 Å². The van der Waals surface area contributed by atoms with E-state index < -0.39 is 17.4 Å². The Bertz CT molecular complexity index is 1240. The standard InChI is InChI=1S/C27H27N3O4S/c31-24(28-17-27(34,20-10-11-20)19-7-2-1-3-8-19)25(32)29-21-12-13-22-18(16-21)6-4-14-30(22)26(33)23-9-5-15-35-23/h1-3,5,7-9,12-13,15-16,20,34H,4,6,10-11,14,17H2,(H,28,31)(H,29,32). The summed E-state index contributed by atoms with van der Waals surface area (Å²) in [6.07, 6.45) is 3.37. The van der Waals surface area contributed by atoms with Crippen molar-refractivity contribution in [3.05, 3.63) is 82.0 Å². The minimum absolute atomic E-state index is 0.0290. The van der Waals surface area contributed by atoms with Gasteiger partial charge in [0.15, 0.2) is 0 Å². The van der Waals surface area contributed by atoms with Crippen molar-refractivity contribution in [2.45, 2.75) is 31.3 Å². The van der Waals surface area contributed by atoms with E-state index in [0.29, 0.717) is 17.1 Å². The zero-order valence-corrected chi connectivity index (χ0v) is 20.0. The fraction of sp³-hybridized carbons (Fsp3) is 0.296. The molecule has 1 fully saturated rings. The Morgan fingerprint density at radius 1 is 1.03 bits per heavy atom. The SMILES string of the molecule is O=C(NCC(O)(c1ccccc1)C1CC1)C(=O)Nc1ccc2c(c1)CCCN2C(=O)c1cccs1. The van der Waals surface area contributed by atoms with Gasteiger partial charge in [0.25, 0.3) is 5.91 Å². The molecule has 180 valence electrons. The van der Waals surface area contributed by atoms with Crippen LogP contribution in [0, 0.1) is 5.92 Å². The third-order valence-corrected chi connectivity index (χ3v) is 7.54. The first-order chi connectivity index (χ1) is 17.0. The lowest BCUT2D eigenvalue weighted by Gasteiger charge is -2.30. The minimum atomic E-state index is -1.19. The molecular formula is C27H27N3O4S. The monoisotopic (exact) mass is 489 g/mol. The highest BCUT2D eigenvalue weighted by molar-refractivity contribution is 7.12. The van der Waals surface area contributed by atoms with E-state index in [0.717, 1.165) is 42.5 Å². The number of fused-ring (bicyclic) bond motifs is 1. The summed E-state index contributed by atoms with van der Waals surface area (Å²) < 4.78 is 0. The molecule has 1 aliphatic heterocycles. The molecule has 1 atom stereocenters. The van der Waals surface area contributed by atoms with Crippen LogP contribution in [-0.4, -0.2) is 35.9 Å². The predicted octanol–water partition coefficient (Wildman–Crippen LogP) is 3.69. The second-order valence-corrected chi connectivity index (χ2v) is 10.0. The van der Waals surface area contributed by atoms with E-state index in [1.165, 1.54) is 11.3 Å². The molecule has 7 nitrogen and oxygen atoms in total. The third-order valence-electron chi connectivity index (χ3n) is 6.68. The molecule has 0 radical (unpaired) electrons. The Balaban J connectivity index is 1.24. The fourth-order valence-electron chi connectivity index (χ4n) is 4.67. The second-order valence-electron chi connectivity index (χ2n) is 9.08. The number of aryl methyl sites for hydroxylation is 1. The number of nitrogens with zero attached hydrogens (tertiary/aromatic N) is 1. The van der Waals surface area contributed by atoms with Crippen molar-refractivity contribution in [1.29, 1.82) is 0 Å². The Morgan fingerprint density at radius 2 is 1.83 bits per heavy atom. The van der Waals surface area contributed by atoms with Gasteiger partial charge in [-0.05, 0) is 72.4 Å². The quantitative estimate of drug-likeness (QED) is 0.460. The van der Waals surface area contributed by atoms with Crippen LogP contribution in [0.4, 0.5) is 11.4 Å². The van der Waals surface area contributed by atoms with Gasteiger partial charge in [0.2, 0.25) is 0 Å². The first-order valence-electron chi connectivity index (χ1n) is 11.8. The summed E-state index contributed by atoms with van der Waals surface area (Å²) in [6, 6.07) is 18.3. The lowest BCUT2D eigenvalue weighted by Crippen LogP contribution is -2.45. The van der Waals surface area contributed by atoms with E-state index in [1.807, 2.05) is 60.0 Å². The average Bonchev–Trinajstić information content (AvgIpc) is 3.61. The second kappa shape index (κ2) is 9.64. The van der Waals surface area contributed by atoms with Crippen LogP contribution in [-0.2, 0) is 21.6 Å². The highest BCUT2D eigenvalue weighted by Crippen LogP contribution is 2.45. The molecule has 1 saturated carbocycles. The number of benzene rings is 2. The topological polar surface area (TPSA) is 98.7 Å². The van der Waals surface area contributed by atoms with Gasteiger partial charge in [-0.1, -0.05) is 36.4 Å². The molecule has 0 spiro atoms. The fourth-order valence-corrected chi connectivity index (χ4v) is 5.34. The van der Waals surface area contributed by atoms with Crippen LogP contribution in [0.2, 0.25) is 0 Å². The molecule has 8 heteroatoms. The van der Waals surface area contributed by atoms with Gasteiger partial charge in [-0.25, -0.2) is 0 Å². The number of carbonyl (C=O) groups is 3. The number of nitrogens with one attached hydrogen (secondary N) is 2. The van der Waals surface area contributed by atoms with Gasteiger partial charge < -0.3 is 20.6 Å². The molecule has 2 aliphatic rings. The summed E-state index contributed by atoms with van der Waals surface area (Å²) in [7, 11) is 0. The van der Waals surface area contributed by atoms with Crippen molar-refractivity contribution in [3.8, 4) is 0 Å². The van der Waals surface area contributed by atoms with Crippen molar-refractivity contribution >= 4 is 40.4 Å². The molecule has 2 aromatic carbocycles. The van der Waals surface area contributed by atoms with E-state index in [-0.39, 0.29) is 18.4 Å². The summed E-state index contributed by atoms with van der Waals surface area (Å²) in [6.45, 7) is 0.612. The summed E-state index contributed by atoms with van der Waals surface area (Å²) in [5.74, 6) is -1.56. The molecule has 5 rings (SSSR count). The first-order valence-corrected chi connectivity index (χ1v) is 12.7. The summed E-state index contributed by atoms with van der Waals surface area (Å²) in [4.78, 5) is 40.5. The Morgan fingerprint density at radius 3 is 2.54 bits per heavy atom.